The van der Waals surface area contributed by atoms with Gasteiger partial charge in [0.2, 0.25) is 0 Å². The molecule has 17 heavy (non-hydrogen) atoms. The molecule has 0 bridgehead atoms. The highest BCUT2D eigenvalue weighted by atomic mass is 16.5. The van der Waals surface area contributed by atoms with Crippen LogP contribution in [0.5, 0.6) is 0 Å². The number of ether oxygens (including phenoxy) is 1. The van der Waals surface area contributed by atoms with Crippen molar-refractivity contribution in [2.75, 3.05) is 19.8 Å². The smallest absolute Gasteiger partial charge is 0.0824 e. The van der Waals surface area contributed by atoms with E-state index in [1.807, 2.05) is 18.2 Å². The summed E-state index contributed by atoms with van der Waals surface area (Å²) in [6, 6.07) is 10.3. The molecule has 0 aliphatic heterocycles. The summed E-state index contributed by atoms with van der Waals surface area (Å²) in [6.45, 7) is 6.41. The summed E-state index contributed by atoms with van der Waals surface area (Å²) in [4.78, 5) is 0. The molecular formula is C14H23NO2. The van der Waals surface area contributed by atoms with Gasteiger partial charge in [0, 0.05) is 13.2 Å². The van der Waals surface area contributed by atoms with Crippen LogP contribution in [-0.4, -0.2) is 30.5 Å². The minimum atomic E-state index is -0.725. The first kappa shape index (κ1) is 14.2. The van der Waals surface area contributed by atoms with E-state index in [9.17, 15) is 5.11 Å². The van der Waals surface area contributed by atoms with Gasteiger partial charge in [0.25, 0.3) is 0 Å². The van der Waals surface area contributed by atoms with Crippen LogP contribution < -0.4 is 5.32 Å². The van der Waals surface area contributed by atoms with Gasteiger partial charge in [-0.3, -0.25) is 0 Å². The topological polar surface area (TPSA) is 41.5 Å². The lowest BCUT2D eigenvalue weighted by Gasteiger charge is -2.16. The minimum absolute atomic E-state index is 0.395. The van der Waals surface area contributed by atoms with Gasteiger partial charge in [-0.1, -0.05) is 30.3 Å². The molecule has 0 aliphatic carbocycles. The van der Waals surface area contributed by atoms with Crippen molar-refractivity contribution >= 4 is 0 Å². The lowest BCUT2D eigenvalue weighted by atomic mass is 10.2. The van der Waals surface area contributed by atoms with Crippen molar-refractivity contribution in [3.05, 3.63) is 35.9 Å². The quantitative estimate of drug-likeness (QED) is 0.679. The van der Waals surface area contributed by atoms with E-state index in [2.05, 4.69) is 17.4 Å². The van der Waals surface area contributed by atoms with Crippen LogP contribution in [0.4, 0.5) is 0 Å². The van der Waals surface area contributed by atoms with Crippen molar-refractivity contribution in [3.63, 3.8) is 0 Å². The molecule has 1 rings (SSSR count). The maximum atomic E-state index is 9.43. The number of aliphatic hydroxyl groups is 1. The lowest BCUT2D eigenvalue weighted by Crippen LogP contribution is -2.26. The van der Waals surface area contributed by atoms with E-state index in [0.29, 0.717) is 13.2 Å². The second-order valence-electron chi connectivity index (χ2n) is 4.88. The standard InChI is InChI=1S/C14H23NO2/c1-14(2,16)12-17-10-6-9-15-11-13-7-4-3-5-8-13/h3-5,7-8,15-16H,6,9-12H2,1-2H3. The summed E-state index contributed by atoms with van der Waals surface area (Å²) in [7, 11) is 0. The first-order chi connectivity index (χ1) is 8.08. The van der Waals surface area contributed by atoms with Gasteiger partial charge < -0.3 is 15.2 Å². The third-order valence-corrected chi connectivity index (χ3v) is 2.27. The molecule has 0 heterocycles. The molecule has 0 aromatic heterocycles. The third kappa shape index (κ3) is 7.91. The predicted octanol–water partition coefficient (Wildman–Crippen LogP) is 1.95. The van der Waals surface area contributed by atoms with E-state index in [-0.39, 0.29) is 0 Å². The maximum absolute atomic E-state index is 9.43. The van der Waals surface area contributed by atoms with Crippen LogP contribution in [0.25, 0.3) is 0 Å². The van der Waals surface area contributed by atoms with Gasteiger partial charge in [0.1, 0.15) is 0 Å². The van der Waals surface area contributed by atoms with Gasteiger partial charge in [-0.05, 0) is 32.4 Å². The second kappa shape index (κ2) is 7.43. The van der Waals surface area contributed by atoms with Crippen LogP contribution in [0, 0.1) is 0 Å². The summed E-state index contributed by atoms with van der Waals surface area (Å²) in [5.74, 6) is 0. The summed E-state index contributed by atoms with van der Waals surface area (Å²) in [5, 5.41) is 12.8. The Morgan fingerprint density at radius 3 is 2.59 bits per heavy atom. The highest BCUT2D eigenvalue weighted by molar-refractivity contribution is 5.14. The van der Waals surface area contributed by atoms with E-state index in [1.165, 1.54) is 5.56 Å². The largest absolute Gasteiger partial charge is 0.388 e. The fourth-order valence-corrected chi connectivity index (χ4v) is 1.45. The Morgan fingerprint density at radius 2 is 1.94 bits per heavy atom. The van der Waals surface area contributed by atoms with Crippen molar-refractivity contribution < 1.29 is 9.84 Å². The monoisotopic (exact) mass is 237 g/mol. The van der Waals surface area contributed by atoms with Crippen molar-refractivity contribution in [1.29, 1.82) is 0 Å². The molecule has 0 amide bonds. The lowest BCUT2D eigenvalue weighted by molar-refractivity contribution is -0.0211. The molecule has 96 valence electrons. The Hall–Kier alpha value is -0.900. The van der Waals surface area contributed by atoms with Crippen LogP contribution in [0.15, 0.2) is 30.3 Å². The molecule has 0 saturated carbocycles. The first-order valence-corrected chi connectivity index (χ1v) is 6.13. The molecule has 0 spiro atoms. The second-order valence-corrected chi connectivity index (χ2v) is 4.88. The summed E-state index contributed by atoms with van der Waals surface area (Å²) < 4.78 is 5.36. The first-order valence-electron chi connectivity index (χ1n) is 6.13. The Morgan fingerprint density at radius 1 is 1.24 bits per heavy atom. The third-order valence-electron chi connectivity index (χ3n) is 2.27. The molecule has 0 saturated heterocycles. The number of rotatable bonds is 8. The van der Waals surface area contributed by atoms with Gasteiger partial charge in [-0.2, -0.15) is 0 Å². The number of benzene rings is 1. The molecule has 1 aromatic carbocycles. The fourth-order valence-electron chi connectivity index (χ4n) is 1.45. The van der Waals surface area contributed by atoms with E-state index in [4.69, 9.17) is 4.74 Å². The number of nitrogens with one attached hydrogen (secondary N) is 1. The van der Waals surface area contributed by atoms with E-state index in [1.54, 1.807) is 13.8 Å². The normalized spacial score (nSPS) is 11.7. The SMILES string of the molecule is CC(C)(O)COCCCNCc1ccccc1. The Labute approximate surface area is 104 Å². The summed E-state index contributed by atoms with van der Waals surface area (Å²) in [5.41, 5.74) is 0.571. The number of hydrogen-bond acceptors (Lipinski definition) is 3. The molecule has 2 N–H and O–H groups in total. The highest BCUT2D eigenvalue weighted by Gasteiger charge is 2.11. The summed E-state index contributed by atoms with van der Waals surface area (Å²) in [6.07, 6.45) is 0.961. The summed E-state index contributed by atoms with van der Waals surface area (Å²) >= 11 is 0. The zero-order chi connectivity index (χ0) is 12.6. The van der Waals surface area contributed by atoms with Crippen molar-refractivity contribution in [2.24, 2.45) is 0 Å². The van der Waals surface area contributed by atoms with Crippen molar-refractivity contribution in [1.82, 2.24) is 5.32 Å². The molecule has 0 fully saturated rings. The van der Waals surface area contributed by atoms with E-state index < -0.39 is 5.60 Å². The van der Waals surface area contributed by atoms with E-state index in [0.717, 1.165) is 19.5 Å². The van der Waals surface area contributed by atoms with Crippen molar-refractivity contribution in [2.45, 2.75) is 32.4 Å². The highest BCUT2D eigenvalue weighted by Crippen LogP contribution is 2.01. The Kier molecular flexibility index (Phi) is 6.19. The maximum Gasteiger partial charge on any atom is 0.0824 e. The van der Waals surface area contributed by atoms with Crippen LogP contribution in [0.1, 0.15) is 25.8 Å². The number of hydrogen-bond donors (Lipinski definition) is 2. The predicted molar refractivity (Wildman–Crippen MR) is 69.9 cm³/mol. The minimum Gasteiger partial charge on any atom is -0.388 e. The van der Waals surface area contributed by atoms with Crippen LogP contribution in [0.3, 0.4) is 0 Å². The average Bonchev–Trinajstić information content (AvgIpc) is 2.28. The van der Waals surface area contributed by atoms with Gasteiger partial charge in [-0.15, -0.1) is 0 Å². The van der Waals surface area contributed by atoms with Gasteiger partial charge in [0.05, 0.1) is 12.2 Å². The molecular weight excluding hydrogens is 214 g/mol. The zero-order valence-electron chi connectivity index (χ0n) is 10.8. The van der Waals surface area contributed by atoms with Crippen LogP contribution in [-0.2, 0) is 11.3 Å². The molecule has 0 aliphatic rings. The van der Waals surface area contributed by atoms with Gasteiger partial charge in [-0.25, -0.2) is 0 Å². The van der Waals surface area contributed by atoms with Crippen LogP contribution in [0.2, 0.25) is 0 Å². The molecule has 0 unspecified atom stereocenters. The Bertz CT molecular complexity index is 293. The van der Waals surface area contributed by atoms with Crippen molar-refractivity contribution in [3.8, 4) is 0 Å². The molecule has 3 nitrogen and oxygen atoms in total. The van der Waals surface area contributed by atoms with Gasteiger partial charge in [0.15, 0.2) is 0 Å². The van der Waals surface area contributed by atoms with Crippen LogP contribution >= 0.6 is 0 Å². The molecule has 1 aromatic rings. The van der Waals surface area contributed by atoms with E-state index >= 15 is 0 Å². The Balaban J connectivity index is 1.95. The molecule has 0 radical (unpaired) electrons. The zero-order valence-corrected chi connectivity index (χ0v) is 10.8. The fraction of sp³-hybridized carbons (Fsp3) is 0.571. The average molecular weight is 237 g/mol. The van der Waals surface area contributed by atoms with Gasteiger partial charge >= 0.3 is 0 Å². The molecule has 3 heteroatoms. The molecule has 0 atom stereocenters.